The molecule has 0 radical (unpaired) electrons. The lowest BCUT2D eigenvalue weighted by molar-refractivity contribution is 0.241. The predicted octanol–water partition coefficient (Wildman–Crippen LogP) is 2.02. The van der Waals surface area contributed by atoms with Gasteiger partial charge < -0.3 is 4.74 Å². The Balaban J connectivity index is 1.79. The zero-order valence-corrected chi connectivity index (χ0v) is 14.6. The molecule has 2 heterocycles. The van der Waals surface area contributed by atoms with Crippen LogP contribution in [0.2, 0.25) is 0 Å². The maximum atomic E-state index is 11.5. The van der Waals surface area contributed by atoms with E-state index in [9.17, 15) is 8.42 Å². The molecule has 1 N–H and O–H groups in total. The maximum absolute atomic E-state index is 11.5. The van der Waals surface area contributed by atoms with E-state index in [0.717, 1.165) is 48.5 Å². The van der Waals surface area contributed by atoms with Crippen molar-refractivity contribution in [1.82, 2.24) is 9.88 Å². The van der Waals surface area contributed by atoms with Gasteiger partial charge in [0, 0.05) is 37.6 Å². The molecule has 0 amide bonds. The second-order valence-corrected chi connectivity index (χ2v) is 7.71. The molecule has 0 atom stereocenters. The number of methoxy groups -OCH3 is 1. The standard InChI is InChI=1S/C17H21N3O3S/c1-23-17-6-8-18-10-14(17)12-20-9-7-15-13(11-20)4-3-5-16(15)19-24(2,21)22/h3-6,8,10,19H,7,9,11-12H2,1-2H3. The summed E-state index contributed by atoms with van der Waals surface area (Å²) in [6, 6.07) is 7.62. The number of sulfonamides is 1. The van der Waals surface area contributed by atoms with Crippen LogP contribution < -0.4 is 9.46 Å². The van der Waals surface area contributed by atoms with Crippen molar-refractivity contribution in [3.05, 3.63) is 53.3 Å². The first-order valence-corrected chi connectivity index (χ1v) is 9.63. The molecule has 1 aliphatic heterocycles. The molecule has 2 aromatic rings. The molecule has 0 spiro atoms. The Morgan fingerprint density at radius 2 is 2.17 bits per heavy atom. The van der Waals surface area contributed by atoms with E-state index in [4.69, 9.17) is 4.74 Å². The van der Waals surface area contributed by atoms with E-state index >= 15 is 0 Å². The zero-order valence-electron chi connectivity index (χ0n) is 13.8. The van der Waals surface area contributed by atoms with E-state index in [1.54, 1.807) is 13.3 Å². The van der Waals surface area contributed by atoms with E-state index in [-0.39, 0.29) is 0 Å². The van der Waals surface area contributed by atoms with Crippen molar-refractivity contribution in [3.63, 3.8) is 0 Å². The molecule has 1 aliphatic rings. The van der Waals surface area contributed by atoms with Crippen LogP contribution >= 0.6 is 0 Å². The third-order valence-corrected chi connectivity index (χ3v) is 4.70. The number of fused-ring (bicyclic) bond motifs is 1. The van der Waals surface area contributed by atoms with Crippen molar-refractivity contribution in [1.29, 1.82) is 0 Å². The van der Waals surface area contributed by atoms with Gasteiger partial charge in [0.25, 0.3) is 0 Å². The molecule has 0 fully saturated rings. The highest BCUT2D eigenvalue weighted by Crippen LogP contribution is 2.28. The van der Waals surface area contributed by atoms with Crippen LogP contribution in [-0.4, -0.2) is 38.2 Å². The highest BCUT2D eigenvalue weighted by Gasteiger charge is 2.20. The van der Waals surface area contributed by atoms with Crippen LogP contribution in [0, 0.1) is 0 Å². The summed E-state index contributed by atoms with van der Waals surface area (Å²) in [6.45, 7) is 2.38. The van der Waals surface area contributed by atoms with E-state index < -0.39 is 10.0 Å². The van der Waals surface area contributed by atoms with Crippen LogP contribution in [0.4, 0.5) is 5.69 Å². The summed E-state index contributed by atoms with van der Waals surface area (Å²) in [5.41, 5.74) is 3.97. The van der Waals surface area contributed by atoms with Crippen LogP contribution in [-0.2, 0) is 29.5 Å². The summed E-state index contributed by atoms with van der Waals surface area (Å²) in [7, 11) is -1.61. The normalized spacial score (nSPS) is 14.9. The van der Waals surface area contributed by atoms with Crippen LogP contribution in [0.3, 0.4) is 0 Å². The van der Waals surface area contributed by atoms with Gasteiger partial charge in [-0.2, -0.15) is 0 Å². The smallest absolute Gasteiger partial charge is 0.229 e. The summed E-state index contributed by atoms with van der Waals surface area (Å²) in [6.07, 6.45) is 5.53. The molecule has 6 nitrogen and oxygen atoms in total. The average molecular weight is 347 g/mol. The van der Waals surface area contributed by atoms with Gasteiger partial charge in [0.15, 0.2) is 0 Å². The fourth-order valence-electron chi connectivity index (χ4n) is 3.07. The number of nitrogens with zero attached hydrogens (tertiary/aromatic N) is 2. The van der Waals surface area contributed by atoms with Crippen molar-refractivity contribution >= 4 is 15.7 Å². The van der Waals surface area contributed by atoms with Gasteiger partial charge in [0.1, 0.15) is 5.75 Å². The van der Waals surface area contributed by atoms with Crippen LogP contribution in [0.25, 0.3) is 0 Å². The second-order valence-electron chi connectivity index (χ2n) is 5.97. The van der Waals surface area contributed by atoms with Gasteiger partial charge in [-0.3, -0.25) is 14.6 Å². The number of pyridine rings is 1. The molecule has 0 saturated heterocycles. The quantitative estimate of drug-likeness (QED) is 0.896. The summed E-state index contributed by atoms with van der Waals surface area (Å²) in [4.78, 5) is 6.49. The Bertz CT molecular complexity index is 837. The molecule has 0 saturated carbocycles. The lowest BCUT2D eigenvalue weighted by atomic mass is 9.97. The van der Waals surface area contributed by atoms with Gasteiger partial charge in [-0.15, -0.1) is 0 Å². The van der Waals surface area contributed by atoms with Crippen LogP contribution in [0.5, 0.6) is 5.75 Å². The molecule has 3 rings (SSSR count). The molecule has 7 heteroatoms. The molecule has 0 aliphatic carbocycles. The molecular weight excluding hydrogens is 326 g/mol. The minimum atomic E-state index is -3.27. The molecule has 128 valence electrons. The Labute approximate surface area is 142 Å². The largest absolute Gasteiger partial charge is 0.496 e. The van der Waals surface area contributed by atoms with Crippen molar-refractivity contribution in [2.24, 2.45) is 0 Å². The van der Waals surface area contributed by atoms with Crippen LogP contribution in [0.1, 0.15) is 16.7 Å². The SMILES string of the molecule is COc1ccncc1CN1CCc2c(cccc2NS(C)(=O)=O)C1. The van der Waals surface area contributed by atoms with Gasteiger partial charge in [-0.05, 0) is 29.7 Å². The highest BCUT2D eigenvalue weighted by molar-refractivity contribution is 7.92. The third-order valence-electron chi connectivity index (χ3n) is 4.11. The second kappa shape index (κ2) is 6.78. The first kappa shape index (κ1) is 16.7. The number of anilines is 1. The van der Waals surface area contributed by atoms with Crippen molar-refractivity contribution in [2.75, 3.05) is 24.6 Å². The zero-order chi connectivity index (χ0) is 17.2. The van der Waals surface area contributed by atoms with Gasteiger partial charge in [-0.25, -0.2) is 8.42 Å². The van der Waals surface area contributed by atoms with Gasteiger partial charge >= 0.3 is 0 Å². The number of ether oxygens (including phenoxy) is 1. The summed E-state index contributed by atoms with van der Waals surface area (Å²) in [5.74, 6) is 0.836. The summed E-state index contributed by atoms with van der Waals surface area (Å²) in [5, 5.41) is 0. The first-order chi connectivity index (χ1) is 11.5. The number of hydrogen-bond acceptors (Lipinski definition) is 5. The highest BCUT2D eigenvalue weighted by atomic mass is 32.2. The number of aromatic nitrogens is 1. The van der Waals surface area contributed by atoms with E-state index in [1.807, 2.05) is 24.4 Å². The third kappa shape index (κ3) is 3.85. The van der Waals surface area contributed by atoms with Crippen molar-refractivity contribution in [2.45, 2.75) is 19.5 Å². The minimum absolute atomic E-state index is 0.689. The Morgan fingerprint density at radius 3 is 2.92 bits per heavy atom. The fourth-order valence-corrected chi connectivity index (χ4v) is 3.66. The Kier molecular flexibility index (Phi) is 4.73. The lowest BCUT2D eigenvalue weighted by Gasteiger charge is -2.30. The fraction of sp³-hybridized carbons (Fsp3) is 0.353. The summed E-state index contributed by atoms with van der Waals surface area (Å²) < 4.78 is 31.0. The van der Waals surface area contributed by atoms with E-state index in [0.29, 0.717) is 5.69 Å². The van der Waals surface area contributed by atoms with E-state index in [1.165, 1.54) is 6.26 Å². The Hall–Kier alpha value is -2.12. The Morgan fingerprint density at radius 1 is 1.33 bits per heavy atom. The van der Waals surface area contributed by atoms with Gasteiger partial charge in [0.2, 0.25) is 10.0 Å². The van der Waals surface area contributed by atoms with E-state index in [2.05, 4.69) is 20.7 Å². The topological polar surface area (TPSA) is 71.5 Å². The number of nitrogens with one attached hydrogen (secondary N) is 1. The molecule has 24 heavy (non-hydrogen) atoms. The number of hydrogen-bond donors (Lipinski definition) is 1. The van der Waals surface area contributed by atoms with Crippen molar-refractivity contribution < 1.29 is 13.2 Å². The van der Waals surface area contributed by atoms with Crippen LogP contribution in [0.15, 0.2) is 36.7 Å². The lowest BCUT2D eigenvalue weighted by Crippen LogP contribution is -2.31. The molecule has 1 aromatic heterocycles. The molecular formula is C17H21N3O3S. The number of rotatable bonds is 5. The minimum Gasteiger partial charge on any atom is -0.496 e. The monoisotopic (exact) mass is 347 g/mol. The number of benzene rings is 1. The van der Waals surface area contributed by atoms with Crippen molar-refractivity contribution in [3.8, 4) is 5.75 Å². The van der Waals surface area contributed by atoms with Gasteiger partial charge in [-0.1, -0.05) is 12.1 Å². The van der Waals surface area contributed by atoms with Gasteiger partial charge in [0.05, 0.1) is 19.1 Å². The summed E-state index contributed by atoms with van der Waals surface area (Å²) >= 11 is 0. The molecule has 1 aromatic carbocycles. The molecule has 0 unspecified atom stereocenters. The average Bonchev–Trinajstić information content (AvgIpc) is 2.54. The maximum Gasteiger partial charge on any atom is 0.229 e. The molecule has 0 bridgehead atoms. The predicted molar refractivity (Wildman–Crippen MR) is 93.5 cm³/mol. The first-order valence-electron chi connectivity index (χ1n) is 7.74.